The Bertz CT molecular complexity index is 489. The molecule has 1 aliphatic rings. The molecule has 18 heavy (non-hydrogen) atoms. The van der Waals surface area contributed by atoms with Gasteiger partial charge in [-0.15, -0.1) is 0 Å². The molecule has 98 valence electrons. The lowest BCUT2D eigenvalue weighted by atomic mass is 9.88. The molecule has 0 aromatic heterocycles. The van der Waals surface area contributed by atoms with Gasteiger partial charge in [-0.05, 0) is 40.5 Å². The van der Waals surface area contributed by atoms with Crippen molar-refractivity contribution in [3.63, 3.8) is 0 Å². The molecular weight excluding hydrogens is 303 g/mol. The Labute approximate surface area is 113 Å². The molecule has 1 aromatic rings. The lowest BCUT2D eigenvalue weighted by Gasteiger charge is -2.43. The molecule has 0 spiro atoms. The van der Waals surface area contributed by atoms with Crippen LogP contribution in [0.25, 0.3) is 0 Å². The molecule has 0 atom stereocenters. The maximum Gasteiger partial charge on any atom is 0.305 e. The van der Waals surface area contributed by atoms with E-state index in [0.717, 1.165) is 5.56 Å². The van der Waals surface area contributed by atoms with Gasteiger partial charge in [0.25, 0.3) is 0 Å². The first-order valence-corrected chi connectivity index (χ1v) is 6.37. The zero-order valence-electron chi connectivity index (χ0n) is 9.89. The fourth-order valence-corrected chi connectivity index (χ4v) is 2.50. The third-order valence-corrected chi connectivity index (χ3v) is 3.69. The Balaban J connectivity index is 2.22. The highest BCUT2D eigenvalue weighted by Crippen LogP contribution is 2.29. The predicted octanol–water partition coefficient (Wildman–Crippen LogP) is 2.13. The molecule has 6 heteroatoms. The molecule has 4 nitrogen and oxygen atoms in total. The number of carboxylic acid groups (broad SMARTS) is 1. The molecule has 0 unspecified atom stereocenters. The zero-order chi connectivity index (χ0) is 13.3. The monoisotopic (exact) mass is 316 g/mol. The van der Waals surface area contributed by atoms with Crippen molar-refractivity contribution in [1.29, 1.82) is 0 Å². The molecule has 0 amide bonds. The highest BCUT2D eigenvalue weighted by molar-refractivity contribution is 9.10. The molecule has 2 rings (SSSR count). The summed E-state index contributed by atoms with van der Waals surface area (Å²) in [5.74, 6) is -1.22. The third kappa shape index (κ3) is 2.64. The summed E-state index contributed by atoms with van der Waals surface area (Å²) in [4.78, 5) is 10.9. The number of hydrogen-bond donors (Lipinski definition) is 3. The summed E-state index contributed by atoms with van der Waals surface area (Å²) in [6.07, 6.45) is 0.0110. The number of rotatable bonds is 4. The molecule has 1 aromatic carbocycles. The molecule has 1 aliphatic heterocycles. The Morgan fingerprint density at radius 2 is 2.28 bits per heavy atom. The number of carbonyl (C=O) groups is 1. The Morgan fingerprint density at radius 3 is 2.78 bits per heavy atom. The van der Waals surface area contributed by atoms with Gasteiger partial charge in [0.2, 0.25) is 0 Å². The predicted molar refractivity (Wildman–Crippen MR) is 70.3 cm³/mol. The SMILES string of the molecule is Cc1cc(Br)c(F)cc1NC1(CC(=O)O)CNC1. The summed E-state index contributed by atoms with van der Waals surface area (Å²) >= 11 is 3.12. The van der Waals surface area contributed by atoms with Crippen LogP contribution in [0.2, 0.25) is 0 Å². The van der Waals surface area contributed by atoms with Gasteiger partial charge >= 0.3 is 5.97 Å². The van der Waals surface area contributed by atoms with Crippen molar-refractivity contribution in [3.05, 3.63) is 28.0 Å². The van der Waals surface area contributed by atoms with E-state index in [4.69, 9.17) is 5.11 Å². The van der Waals surface area contributed by atoms with E-state index in [1.807, 2.05) is 6.92 Å². The highest BCUT2D eigenvalue weighted by Gasteiger charge is 2.39. The number of benzene rings is 1. The smallest absolute Gasteiger partial charge is 0.305 e. The zero-order valence-corrected chi connectivity index (χ0v) is 11.5. The first-order chi connectivity index (χ1) is 8.42. The number of halogens is 2. The van der Waals surface area contributed by atoms with Crippen LogP contribution >= 0.6 is 15.9 Å². The van der Waals surface area contributed by atoms with Crippen LogP contribution in [0, 0.1) is 12.7 Å². The summed E-state index contributed by atoms with van der Waals surface area (Å²) < 4.78 is 13.9. The van der Waals surface area contributed by atoms with Gasteiger partial charge in [0.15, 0.2) is 0 Å². The second-order valence-electron chi connectivity index (χ2n) is 4.66. The number of aryl methyl sites for hydroxylation is 1. The van der Waals surface area contributed by atoms with Gasteiger partial charge in [0.05, 0.1) is 16.4 Å². The Morgan fingerprint density at radius 1 is 1.61 bits per heavy atom. The summed E-state index contributed by atoms with van der Waals surface area (Å²) in [6, 6.07) is 3.07. The maximum atomic E-state index is 13.5. The normalized spacial score (nSPS) is 17.1. The summed E-state index contributed by atoms with van der Waals surface area (Å²) in [5, 5.41) is 15.1. The molecule has 3 N–H and O–H groups in total. The minimum Gasteiger partial charge on any atom is -0.481 e. The van der Waals surface area contributed by atoms with Gasteiger partial charge in [0, 0.05) is 18.8 Å². The minimum atomic E-state index is -0.862. The summed E-state index contributed by atoms with van der Waals surface area (Å²) in [6.45, 7) is 2.99. The maximum absolute atomic E-state index is 13.5. The molecule has 1 saturated heterocycles. The van der Waals surface area contributed by atoms with Gasteiger partial charge in [0.1, 0.15) is 5.82 Å². The molecule has 1 fully saturated rings. The Hall–Kier alpha value is -1.14. The number of carboxylic acids is 1. The molecular formula is C12H14BrFN2O2. The van der Waals surface area contributed by atoms with Gasteiger partial charge in [-0.1, -0.05) is 0 Å². The van der Waals surface area contributed by atoms with Crippen molar-refractivity contribution in [1.82, 2.24) is 5.32 Å². The largest absolute Gasteiger partial charge is 0.481 e. The van der Waals surface area contributed by atoms with E-state index in [1.54, 1.807) is 6.07 Å². The van der Waals surface area contributed by atoms with Gasteiger partial charge in [-0.3, -0.25) is 4.79 Å². The van der Waals surface area contributed by atoms with Crippen LogP contribution in [0.4, 0.5) is 10.1 Å². The van der Waals surface area contributed by atoms with Crippen LogP contribution in [0.1, 0.15) is 12.0 Å². The number of hydrogen-bond acceptors (Lipinski definition) is 3. The molecule has 1 heterocycles. The van der Waals surface area contributed by atoms with Crippen molar-refractivity contribution in [2.45, 2.75) is 18.9 Å². The van der Waals surface area contributed by atoms with Crippen molar-refractivity contribution in [3.8, 4) is 0 Å². The summed E-state index contributed by atoms with van der Waals surface area (Å²) in [7, 11) is 0. The highest BCUT2D eigenvalue weighted by atomic mass is 79.9. The van der Waals surface area contributed by atoms with E-state index in [1.165, 1.54) is 6.07 Å². The molecule has 0 radical (unpaired) electrons. The standard InChI is InChI=1S/C12H14BrFN2O2/c1-7-2-8(13)9(14)3-10(7)16-12(4-11(17)18)5-15-6-12/h2-3,15-16H,4-6H2,1H3,(H,17,18). The molecule has 0 aliphatic carbocycles. The topological polar surface area (TPSA) is 61.4 Å². The van der Waals surface area contributed by atoms with Crippen molar-refractivity contribution >= 4 is 27.6 Å². The van der Waals surface area contributed by atoms with Gasteiger partial charge < -0.3 is 15.7 Å². The van der Waals surface area contributed by atoms with Crippen LogP contribution in [0.15, 0.2) is 16.6 Å². The second-order valence-corrected chi connectivity index (χ2v) is 5.51. The first-order valence-electron chi connectivity index (χ1n) is 5.58. The van der Waals surface area contributed by atoms with Gasteiger partial charge in [-0.25, -0.2) is 4.39 Å². The number of aliphatic carboxylic acids is 1. The van der Waals surface area contributed by atoms with Crippen LogP contribution < -0.4 is 10.6 Å². The van der Waals surface area contributed by atoms with E-state index in [2.05, 4.69) is 26.6 Å². The third-order valence-electron chi connectivity index (χ3n) is 3.08. The fraction of sp³-hybridized carbons (Fsp3) is 0.417. The number of nitrogens with one attached hydrogen (secondary N) is 2. The van der Waals surface area contributed by atoms with Crippen LogP contribution in [-0.4, -0.2) is 29.7 Å². The Kier molecular flexibility index (Phi) is 3.59. The van der Waals surface area contributed by atoms with E-state index in [0.29, 0.717) is 23.2 Å². The second kappa shape index (κ2) is 4.85. The molecule has 0 saturated carbocycles. The van der Waals surface area contributed by atoms with Crippen LogP contribution in [0.3, 0.4) is 0 Å². The van der Waals surface area contributed by atoms with Crippen molar-refractivity contribution in [2.24, 2.45) is 0 Å². The average molecular weight is 317 g/mol. The summed E-state index contributed by atoms with van der Waals surface area (Å²) in [5.41, 5.74) is 0.995. The van der Waals surface area contributed by atoms with Crippen LogP contribution in [-0.2, 0) is 4.79 Å². The fourth-order valence-electron chi connectivity index (χ4n) is 2.04. The number of anilines is 1. The molecule has 0 bridgehead atoms. The van der Waals surface area contributed by atoms with Gasteiger partial charge in [-0.2, -0.15) is 0 Å². The van der Waals surface area contributed by atoms with E-state index in [-0.39, 0.29) is 12.2 Å². The van der Waals surface area contributed by atoms with E-state index < -0.39 is 11.5 Å². The van der Waals surface area contributed by atoms with Crippen LogP contribution in [0.5, 0.6) is 0 Å². The first kappa shape index (κ1) is 13.3. The van der Waals surface area contributed by atoms with E-state index >= 15 is 0 Å². The quantitative estimate of drug-likeness (QED) is 0.796. The van der Waals surface area contributed by atoms with E-state index in [9.17, 15) is 9.18 Å². The minimum absolute atomic E-state index is 0.0110. The lowest BCUT2D eigenvalue weighted by Crippen LogP contribution is -2.65. The lowest BCUT2D eigenvalue weighted by molar-refractivity contribution is -0.138. The van der Waals surface area contributed by atoms with Crippen molar-refractivity contribution < 1.29 is 14.3 Å². The van der Waals surface area contributed by atoms with Crippen molar-refractivity contribution in [2.75, 3.05) is 18.4 Å². The average Bonchev–Trinajstić information content (AvgIpc) is 2.22.